The molecule has 0 amide bonds. The van der Waals surface area contributed by atoms with Gasteiger partial charge < -0.3 is 14.7 Å². The Labute approximate surface area is 143 Å². The van der Waals surface area contributed by atoms with Crippen LogP contribution >= 0.6 is 0 Å². The van der Waals surface area contributed by atoms with Crippen LogP contribution in [0.2, 0.25) is 0 Å². The minimum absolute atomic E-state index is 0.114. The van der Waals surface area contributed by atoms with Gasteiger partial charge in [-0.1, -0.05) is 13.3 Å². The molecule has 134 valence electrons. The Kier molecular flexibility index (Phi) is 7.42. The van der Waals surface area contributed by atoms with Crippen LogP contribution in [0.25, 0.3) is 0 Å². The smallest absolute Gasteiger partial charge is 0.269 e. The third-order valence-corrected chi connectivity index (χ3v) is 4.22. The predicted molar refractivity (Wildman–Crippen MR) is 93.5 cm³/mol. The molecule has 0 spiro atoms. The quantitative estimate of drug-likeness (QED) is 0.421. The Morgan fingerprint density at radius 1 is 1.25 bits per heavy atom. The van der Waals surface area contributed by atoms with Crippen LogP contribution in [-0.2, 0) is 4.74 Å². The summed E-state index contributed by atoms with van der Waals surface area (Å²) in [6, 6.07) is 6.67. The second-order valence-corrected chi connectivity index (χ2v) is 6.14. The number of anilines is 1. The van der Waals surface area contributed by atoms with Crippen LogP contribution in [0.5, 0.6) is 0 Å². The van der Waals surface area contributed by atoms with Gasteiger partial charge in [-0.15, -0.1) is 0 Å². The van der Waals surface area contributed by atoms with E-state index < -0.39 is 6.10 Å². The number of ether oxygens (including phenoxy) is 1. The van der Waals surface area contributed by atoms with E-state index in [1.165, 1.54) is 0 Å². The first-order valence-electron chi connectivity index (χ1n) is 8.57. The van der Waals surface area contributed by atoms with Crippen molar-refractivity contribution < 1.29 is 14.8 Å². The second-order valence-electron chi connectivity index (χ2n) is 6.14. The molecule has 1 atom stereocenters. The largest absolute Gasteiger partial charge is 0.389 e. The maximum atomic E-state index is 10.7. The van der Waals surface area contributed by atoms with Crippen molar-refractivity contribution in [2.24, 2.45) is 0 Å². The predicted octanol–water partition coefficient (Wildman–Crippen LogP) is 1.89. The summed E-state index contributed by atoms with van der Waals surface area (Å²) >= 11 is 0. The topological polar surface area (TPSA) is 79.1 Å². The normalized spacial score (nSPS) is 17.0. The van der Waals surface area contributed by atoms with Crippen LogP contribution in [0.4, 0.5) is 11.4 Å². The van der Waals surface area contributed by atoms with Gasteiger partial charge in [0.25, 0.3) is 5.69 Å². The van der Waals surface area contributed by atoms with Crippen LogP contribution in [0, 0.1) is 10.1 Å². The Bertz CT molecular complexity index is 501. The number of aliphatic hydroxyl groups is 1. The van der Waals surface area contributed by atoms with Crippen LogP contribution < -0.4 is 4.90 Å². The van der Waals surface area contributed by atoms with E-state index in [9.17, 15) is 15.2 Å². The van der Waals surface area contributed by atoms with Gasteiger partial charge in [-0.3, -0.25) is 15.0 Å². The number of nitro groups is 1. The number of β-amino-alcohol motifs (C(OH)–C–C–N with tert-alkyl or cyclic N) is 1. The molecule has 1 N–H and O–H groups in total. The lowest BCUT2D eigenvalue weighted by atomic mass is 10.2. The Morgan fingerprint density at radius 2 is 1.92 bits per heavy atom. The van der Waals surface area contributed by atoms with E-state index in [1.807, 2.05) is 0 Å². The lowest BCUT2D eigenvalue weighted by Crippen LogP contribution is -2.49. The van der Waals surface area contributed by atoms with Crippen molar-refractivity contribution in [2.45, 2.75) is 25.9 Å². The molecule has 0 bridgehead atoms. The first-order chi connectivity index (χ1) is 11.6. The maximum absolute atomic E-state index is 10.7. The molecule has 1 fully saturated rings. The molecule has 2 rings (SSSR count). The Balaban J connectivity index is 1.71. The number of unbranched alkanes of at least 4 members (excludes halogenated alkanes) is 1. The molecule has 1 heterocycles. The summed E-state index contributed by atoms with van der Waals surface area (Å²) in [6.45, 7) is 7.27. The highest BCUT2D eigenvalue weighted by Crippen LogP contribution is 2.20. The lowest BCUT2D eigenvalue weighted by Gasteiger charge is -2.36. The molecule has 1 aromatic carbocycles. The van der Waals surface area contributed by atoms with Crippen molar-refractivity contribution in [3.63, 3.8) is 0 Å². The van der Waals surface area contributed by atoms with Gasteiger partial charge in [0, 0.05) is 57.2 Å². The van der Waals surface area contributed by atoms with Gasteiger partial charge in [0.05, 0.1) is 17.6 Å². The fourth-order valence-electron chi connectivity index (χ4n) is 2.79. The van der Waals surface area contributed by atoms with Gasteiger partial charge in [0.15, 0.2) is 0 Å². The van der Waals surface area contributed by atoms with Crippen LogP contribution in [0.15, 0.2) is 24.3 Å². The standard InChI is InChI=1S/C17H27N3O4/c1-2-3-12-24-14-17(21)13-18-8-10-19(11-9-18)15-4-6-16(7-5-15)20(22)23/h4-7,17,21H,2-3,8-14H2,1H3. The molecular formula is C17H27N3O4. The molecule has 0 aliphatic carbocycles. The molecule has 7 nitrogen and oxygen atoms in total. The van der Waals surface area contributed by atoms with E-state index in [0.717, 1.165) is 44.7 Å². The molecular weight excluding hydrogens is 310 g/mol. The number of hydrogen-bond acceptors (Lipinski definition) is 6. The zero-order chi connectivity index (χ0) is 17.4. The average Bonchev–Trinajstić information content (AvgIpc) is 2.59. The summed E-state index contributed by atoms with van der Waals surface area (Å²) in [5.41, 5.74) is 1.12. The van der Waals surface area contributed by atoms with E-state index in [-0.39, 0.29) is 10.6 Å². The Morgan fingerprint density at radius 3 is 2.50 bits per heavy atom. The number of benzene rings is 1. The highest BCUT2D eigenvalue weighted by molar-refractivity contribution is 5.51. The number of hydrogen-bond donors (Lipinski definition) is 1. The number of nitrogens with zero attached hydrogens (tertiary/aromatic N) is 3. The molecule has 1 aromatic rings. The highest BCUT2D eigenvalue weighted by atomic mass is 16.6. The Hall–Kier alpha value is -1.70. The molecule has 7 heteroatoms. The molecule has 24 heavy (non-hydrogen) atoms. The maximum Gasteiger partial charge on any atom is 0.269 e. The monoisotopic (exact) mass is 337 g/mol. The fourth-order valence-corrected chi connectivity index (χ4v) is 2.79. The SMILES string of the molecule is CCCCOCC(O)CN1CCN(c2ccc([N+](=O)[O-])cc2)CC1. The van der Waals surface area contributed by atoms with Crippen molar-refractivity contribution in [2.75, 3.05) is 50.8 Å². The van der Waals surface area contributed by atoms with E-state index in [0.29, 0.717) is 19.8 Å². The summed E-state index contributed by atoms with van der Waals surface area (Å²) in [4.78, 5) is 14.8. The zero-order valence-corrected chi connectivity index (χ0v) is 14.3. The molecule has 1 unspecified atom stereocenters. The molecule has 0 radical (unpaired) electrons. The first-order valence-corrected chi connectivity index (χ1v) is 8.57. The van der Waals surface area contributed by atoms with Crippen molar-refractivity contribution in [1.29, 1.82) is 0 Å². The molecule has 1 saturated heterocycles. The summed E-state index contributed by atoms with van der Waals surface area (Å²) in [5, 5.41) is 20.7. The number of rotatable bonds is 9. The van der Waals surface area contributed by atoms with Gasteiger partial charge in [-0.25, -0.2) is 0 Å². The number of piperazine rings is 1. The molecule has 1 aliphatic rings. The van der Waals surface area contributed by atoms with E-state index >= 15 is 0 Å². The van der Waals surface area contributed by atoms with Crippen molar-refractivity contribution in [1.82, 2.24) is 4.90 Å². The molecule has 0 aromatic heterocycles. The van der Waals surface area contributed by atoms with Crippen LogP contribution in [0.3, 0.4) is 0 Å². The van der Waals surface area contributed by atoms with Crippen molar-refractivity contribution in [3.8, 4) is 0 Å². The fraction of sp³-hybridized carbons (Fsp3) is 0.647. The van der Waals surface area contributed by atoms with Crippen molar-refractivity contribution in [3.05, 3.63) is 34.4 Å². The molecule has 0 saturated carbocycles. The third-order valence-electron chi connectivity index (χ3n) is 4.22. The number of aliphatic hydroxyl groups excluding tert-OH is 1. The summed E-state index contributed by atoms with van der Waals surface area (Å²) in [6.07, 6.45) is 1.68. The summed E-state index contributed by atoms with van der Waals surface area (Å²) in [7, 11) is 0. The van der Waals surface area contributed by atoms with E-state index in [2.05, 4.69) is 16.7 Å². The number of nitro benzene ring substituents is 1. The van der Waals surface area contributed by atoms with Crippen molar-refractivity contribution >= 4 is 11.4 Å². The van der Waals surface area contributed by atoms with Crippen LogP contribution in [-0.4, -0.2) is 67.0 Å². The minimum Gasteiger partial charge on any atom is -0.389 e. The first kappa shape index (κ1) is 18.6. The van der Waals surface area contributed by atoms with E-state index in [1.54, 1.807) is 24.3 Å². The van der Waals surface area contributed by atoms with Gasteiger partial charge in [0.1, 0.15) is 0 Å². The van der Waals surface area contributed by atoms with E-state index in [4.69, 9.17) is 4.74 Å². The third kappa shape index (κ3) is 5.74. The van der Waals surface area contributed by atoms with Crippen LogP contribution in [0.1, 0.15) is 19.8 Å². The van der Waals surface area contributed by atoms with Gasteiger partial charge in [-0.05, 0) is 18.6 Å². The average molecular weight is 337 g/mol. The van der Waals surface area contributed by atoms with Gasteiger partial charge in [0.2, 0.25) is 0 Å². The highest BCUT2D eigenvalue weighted by Gasteiger charge is 2.20. The van der Waals surface area contributed by atoms with Gasteiger partial charge in [-0.2, -0.15) is 0 Å². The summed E-state index contributed by atoms with van der Waals surface area (Å²) < 4.78 is 5.46. The summed E-state index contributed by atoms with van der Waals surface area (Å²) in [5.74, 6) is 0. The zero-order valence-electron chi connectivity index (χ0n) is 14.3. The number of non-ortho nitro benzene ring substituents is 1. The van der Waals surface area contributed by atoms with Gasteiger partial charge >= 0.3 is 0 Å². The molecule has 1 aliphatic heterocycles. The lowest BCUT2D eigenvalue weighted by molar-refractivity contribution is -0.384. The minimum atomic E-state index is -0.451. The second kappa shape index (κ2) is 9.56.